The number of hydrogen-bond acceptors (Lipinski definition) is 2. The molecule has 0 aromatic carbocycles. The largest absolute Gasteiger partial charge is 0.479 e. The van der Waals surface area contributed by atoms with Gasteiger partial charge in [0, 0.05) is 0 Å². The first kappa shape index (κ1) is 13.8. The highest BCUT2D eigenvalue weighted by Gasteiger charge is 2.51. The van der Waals surface area contributed by atoms with Gasteiger partial charge in [0.25, 0.3) is 0 Å². The minimum atomic E-state index is -5.06. The zero-order valence-electron chi connectivity index (χ0n) is 9.30. The van der Waals surface area contributed by atoms with Crippen LogP contribution in [0.4, 0.5) is 13.2 Å². The fourth-order valence-corrected chi connectivity index (χ4v) is 2.18. The van der Waals surface area contributed by atoms with Gasteiger partial charge in [-0.15, -0.1) is 0 Å². The van der Waals surface area contributed by atoms with E-state index < -0.39 is 29.5 Å². The van der Waals surface area contributed by atoms with Crippen LogP contribution in [-0.2, 0) is 9.59 Å². The van der Waals surface area contributed by atoms with Gasteiger partial charge in [-0.2, -0.15) is 13.2 Å². The number of alkyl halides is 3. The molecule has 0 radical (unpaired) electrons. The van der Waals surface area contributed by atoms with Crippen molar-refractivity contribution in [3.05, 3.63) is 0 Å². The molecule has 0 aliphatic heterocycles. The molecule has 0 saturated heterocycles. The summed E-state index contributed by atoms with van der Waals surface area (Å²) in [4.78, 5) is 22.1. The number of rotatable bonds is 2. The van der Waals surface area contributed by atoms with Crippen molar-refractivity contribution >= 4 is 11.9 Å². The van der Waals surface area contributed by atoms with Crippen LogP contribution in [0.25, 0.3) is 0 Å². The fraction of sp³-hybridized carbons (Fsp3) is 0.800. The Morgan fingerprint density at radius 3 is 2.35 bits per heavy atom. The third kappa shape index (κ3) is 2.70. The number of nitrogens with one attached hydrogen (secondary N) is 1. The Bertz CT molecular complexity index is 329. The zero-order chi connectivity index (χ0) is 13.3. The van der Waals surface area contributed by atoms with Gasteiger partial charge in [-0.1, -0.05) is 19.8 Å². The highest BCUT2D eigenvalue weighted by molar-refractivity contribution is 5.90. The van der Waals surface area contributed by atoms with Gasteiger partial charge >= 0.3 is 18.1 Å². The molecule has 0 spiro atoms. The summed E-state index contributed by atoms with van der Waals surface area (Å²) in [7, 11) is 0. The molecule has 2 atom stereocenters. The van der Waals surface area contributed by atoms with Gasteiger partial charge in [-0.25, -0.2) is 4.79 Å². The molecule has 1 fully saturated rings. The van der Waals surface area contributed by atoms with Gasteiger partial charge in [-0.05, 0) is 18.8 Å². The first-order valence-electron chi connectivity index (χ1n) is 5.33. The molecule has 0 aromatic rings. The number of hydrogen-bond donors (Lipinski definition) is 2. The molecule has 17 heavy (non-hydrogen) atoms. The molecule has 1 aliphatic carbocycles. The number of halogens is 3. The maximum Gasteiger partial charge on any atom is 0.471 e. The number of carboxylic acids is 1. The van der Waals surface area contributed by atoms with Gasteiger partial charge in [0.15, 0.2) is 0 Å². The second kappa shape index (κ2) is 4.54. The van der Waals surface area contributed by atoms with Crippen LogP contribution < -0.4 is 5.32 Å². The highest BCUT2D eigenvalue weighted by Crippen LogP contribution is 2.34. The van der Waals surface area contributed by atoms with E-state index in [4.69, 9.17) is 5.11 Å². The lowest BCUT2D eigenvalue weighted by atomic mass is 9.73. The monoisotopic (exact) mass is 253 g/mol. The Hall–Kier alpha value is -1.27. The van der Waals surface area contributed by atoms with Crippen LogP contribution in [0.2, 0.25) is 0 Å². The van der Waals surface area contributed by atoms with Crippen molar-refractivity contribution in [1.82, 2.24) is 5.32 Å². The predicted octanol–water partition coefficient (Wildman–Crippen LogP) is 1.70. The summed E-state index contributed by atoms with van der Waals surface area (Å²) < 4.78 is 36.5. The molecular weight excluding hydrogens is 239 g/mol. The van der Waals surface area contributed by atoms with Crippen molar-refractivity contribution in [2.45, 2.75) is 44.3 Å². The Labute approximate surface area is 96.2 Å². The van der Waals surface area contributed by atoms with Gasteiger partial charge < -0.3 is 10.4 Å². The fourth-order valence-electron chi connectivity index (χ4n) is 2.18. The van der Waals surface area contributed by atoms with E-state index >= 15 is 0 Å². The van der Waals surface area contributed by atoms with Gasteiger partial charge in [0.1, 0.15) is 5.54 Å². The summed E-state index contributed by atoms with van der Waals surface area (Å²) in [6.45, 7) is 1.55. The molecule has 0 aromatic heterocycles. The zero-order valence-corrected chi connectivity index (χ0v) is 9.30. The van der Waals surface area contributed by atoms with Crippen molar-refractivity contribution in [3.63, 3.8) is 0 Å². The lowest BCUT2D eigenvalue weighted by molar-refractivity contribution is -0.179. The van der Waals surface area contributed by atoms with Crippen LogP contribution >= 0.6 is 0 Å². The first-order valence-corrected chi connectivity index (χ1v) is 5.33. The van der Waals surface area contributed by atoms with Crippen LogP contribution in [0.3, 0.4) is 0 Å². The maximum absolute atomic E-state index is 12.2. The Kier molecular flexibility index (Phi) is 3.68. The predicted molar refractivity (Wildman–Crippen MR) is 52.2 cm³/mol. The van der Waals surface area contributed by atoms with Crippen LogP contribution in [0.1, 0.15) is 32.6 Å². The van der Waals surface area contributed by atoms with E-state index in [-0.39, 0.29) is 6.42 Å². The number of carboxylic acid groups (broad SMARTS) is 1. The van der Waals surface area contributed by atoms with Crippen LogP contribution in [0, 0.1) is 5.92 Å². The Morgan fingerprint density at radius 2 is 1.94 bits per heavy atom. The number of aliphatic carboxylic acids is 1. The molecule has 1 amide bonds. The molecule has 98 valence electrons. The molecule has 4 nitrogen and oxygen atoms in total. The average Bonchev–Trinajstić information content (AvgIpc) is 2.19. The molecule has 2 unspecified atom stereocenters. The quantitative estimate of drug-likeness (QED) is 0.787. The maximum atomic E-state index is 12.2. The smallest absolute Gasteiger partial charge is 0.471 e. The van der Waals surface area contributed by atoms with E-state index in [2.05, 4.69) is 0 Å². The number of carbonyl (C=O) groups excluding carboxylic acids is 1. The molecule has 0 heterocycles. The molecule has 7 heteroatoms. The van der Waals surface area contributed by atoms with Crippen molar-refractivity contribution in [3.8, 4) is 0 Å². The third-order valence-electron chi connectivity index (χ3n) is 3.28. The van der Waals surface area contributed by atoms with E-state index in [1.54, 1.807) is 12.2 Å². The topological polar surface area (TPSA) is 66.4 Å². The molecule has 1 aliphatic rings. The molecule has 1 rings (SSSR count). The lowest BCUT2D eigenvalue weighted by Crippen LogP contribution is -2.62. The van der Waals surface area contributed by atoms with Crippen molar-refractivity contribution < 1.29 is 27.9 Å². The third-order valence-corrected chi connectivity index (χ3v) is 3.28. The summed E-state index contributed by atoms with van der Waals surface area (Å²) in [6, 6.07) is 0. The number of amides is 1. The SMILES string of the molecule is CC1CCCCC1(NC(=O)C(F)(F)F)C(=O)O. The van der Waals surface area contributed by atoms with Gasteiger partial charge in [-0.3, -0.25) is 4.79 Å². The van der Waals surface area contributed by atoms with Crippen molar-refractivity contribution in [1.29, 1.82) is 0 Å². The molecule has 1 saturated carbocycles. The van der Waals surface area contributed by atoms with Crippen LogP contribution in [0.5, 0.6) is 0 Å². The minimum absolute atomic E-state index is 0.0331. The van der Waals surface area contributed by atoms with E-state index in [0.717, 1.165) is 6.42 Å². The Morgan fingerprint density at radius 1 is 1.35 bits per heavy atom. The molecule has 0 bridgehead atoms. The van der Waals surface area contributed by atoms with E-state index in [9.17, 15) is 22.8 Å². The van der Waals surface area contributed by atoms with Crippen LogP contribution in [0.15, 0.2) is 0 Å². The van der Waals surface area contributed by atoms with E-state index in [0.29, 0.717) is 12.8 Å². The highest BCUT2D eigenvalue weighted by atomic mass is 19.4. The van der Waals surface area contributed by atoms with Crippen molar-refractivity contribution in [2.24, 2.45) is 5.92 Å². The number of carbonyl (C=O) groups is 2. The summed E-state index contributed by atoms with van der Waals surface area (Å²) in [6.07, 6.45) is -3.28. The summed E-state index contributed by atoms with van der Waals surface area (Å²) in [5.74, 6) is -4.10. The second-order valence-corrected chi connectivity index (χ2v) is 4.38. The summed E-state index contributed by atoms with van der Waals surface area (Å²) in [5, 5.41) is 10.7. The van der Waals surface area contributed by atoms with Crippen molar-refractivity contribution in [2.75, 3.05) is 0 Å². The first-order chi connectivity index (χ1) is 7.70. The van der Waals surface area contributed by atoms with Gasteiger partial charge in [0.2, 0.25) is 0 Å². The summed E-state index contributed by atoms with van der Waals surface area (Å²) in [5.41, 5.74) is -1.79. The standard InChI is InChI=1S/C10H14F3NO3/c1-6-4-2-3-5-9(6,8(16)17)14-7(15)10(11,12)13/h6H,2-5H2,1H3,(H,14,15)(H,16,17). The second-order valence-electron chi connectivity index (χ2n) is 4.38. The van der Waals surface area contributed by atoms with E-state index in [1.807, 2.05) is 0 Å². The minimum Gasteiger partial charge on any atom is -0.479 e. The summed E-state index contributed by atoms with van der Waals surface area (Å²) >= 11 is 0. The average molecular weight is 253 g/mol. The molecular formula is C10H14F3NO3. The normalized spacial score (nSPS) is 29.8. The van der Waals surface area contributed by atoms with E-state index in [1.165, 1.54) is 0 Å². The van der Waals surface area contributed by atoms with Crippen LogP contribution in [-0.4, -0.2) is 28.7 Å². The van der Waals surface area contributed by atoms with Gasteiger partial charge in [0.05, 0.1) is 0 Å². The molecule has 2 N–H and O–H groups in total. The lowest BCUT2D eigenvalue weighted by Gasteiger charge is -2.39. The Balaban J connectivity index is 2.93.